The molecular formula is C14H20Cl2N2O3. The second kappa shape index (κ2) is 6.73. The first kappa shape index (κ1) is 17.9. The zero-order chi connectivity index (χ0) is 14.9. The Kier molecular flexibility index (Phi) is 5.73. The van der Waals surface area contributed by atoms with Gasteiger partial charge in [0, 0.05) is 12.1 Å². The summed E-state index contributed by atoms with van der Waals surface area (Å²) < 4.78 is 10.5. The standard InChI is InChI=1S/C14H19ClN2O3.ClH/c1-8(2)14(3,6-16)17-13(18)9-4-10(15)12-11(5-9)19-7-20-12;/h4-5,8H,6-7,16H2,1-3H3,(H,17,18);1H. The van der Waals surface area contributed by atoms with Crippen molar-refractivity contribution in [1.82, 2.24) is 5.32 Å². The van der Waals surface area contributed by atoms with Crippen LogP contribution >= 0.6 is 24.0 Å². The number of nitrogens with two attached hydrogens (primary N) is 1. The Hall–Kier alpha value is -1.17. The quantitative estimate of drug-likeness (QED) is 0.887. The Morgan fingerprint density at radius 2 is 2.14 bits per heavy atom. The lowest BCUT2D eigenvalue weighted by Gasteiger charge is -2.33. The minimum atomic E-state index is -0.472. The third kappa shape index (κ3) is 3.54. The first-order chi connectivity index (χ1) is 9.37. The lowest BCUT2D eigenvalue weighted by molar-refractivity contribution is 0.0883. The Balaban J connectivity index is 0.00000220. The molecule has 0 saturated carbocycles. The lowest BCUT2D eigenvalue weighted by atomic mass is 9.88. The van der Waals surface area contributed by atoms with Crippen molar-refractivity contribution in [3.63, 3.8) is 0 Å². The predicted octanol–water partition coefficient (Wildman–Crippen LogP) is 2.59. The molecule has 1 atom stereocenters. The molecule has 21 heavy (non-hydrogen) atoms. The maximum absolute atomic E-state index is 12.4. The van der Waals surface area contributed by atoms with E-state index in [9.17, 15) is 4.79 Å². The highest BCUT2D eigenvalue weighted by atomic mass is 35.5. The third-order valence-corrected chi connectivity index (χ3v) is 4.07. The lowest BCUT2D eigenvalue weighted by Crippen LogP contribution is -2.55. The van der Waals surface area contributed by atoms with Crippen LogP contribution in [0.5, 0.6) is 11.5 Å². The third-order valence-electron chi connectivity index (χ3n) is 3.79. The van der Waals surface area contributed by atoms with Crippen molar-refractivity contribution < 1.29 is 14.3 Å². The van der Waals surface area contributed by atoms with Crippen molar-refractivity contribution in [3.05, 3.63) is 22.7 Å². The SMILES string of the molecule is CC(C)C(C)(CN)NC(=O)c1cc(Cl)c2c(c1)OCO2.Cl. The summed E-state index contributed by atoms with van der Waals surface area (Å²) in [6.07, 6.45) is 0. The van der Waals surface area contributed by atoms with Crippen LogP contribution in [0.25, 0.3) is 0 Å². The summed E-state index contributed by atoms with van der Waals surface area (Å²) in [4.78, 5) is 12.4. The summed E-state index contributed by atoms with van der Waals surface area (Å²) in [5.74, 6) is 0.947. The van der Waals surface area contributed by atoms with Gasteiger partial charge in [0.15, 0.2) is 11.5 Å². The number of carbonyl (C=O) groups is 1. The number of hydrogen-bond donors (Lipinski definition) is 2. The fraction of sp³-hybridized carbons (Fsp3) is 0.500. The van der Waals surface area contributed by atoms with Crippen molar-refractivity contribution in [2.45, 2.75) is 26.3 Å². The molecule has 0 saturated heterocycles. The number of fused-ring (bicyclic) bond motifs is 1. The maximum Gasteiger partial charge on any atom is 0.251 e. The van der Waals surface area contributed by atoms with Gasteiger partial charge in [0.1, 0.15) is 0 Å². The molecule has 0 fully saturated rings. The van der Waals surface area contributed by atoms with E-state index in [-0.39, 0.29) is 31.0 Å². The van der Waals surface area contributed by atoms with Crippen molar-refractivity contribution in [1.29, 1.82) is 0 Å². The van der Waals surface area contributed by atoms with E-state index >= 15 is 0 Å². The Bertz CT molecular complexity index is 537. The second-order valence-electron chi connectivity index (χ2n) is 5.42. The van der Waals surface area contributed by atoms with Crippen molar-refractivity contribution in [2.24, 2.45) is 11.7 Å². The number of benzene rings is 1. The summed E-state index contributed by atoms with van der Waals surface area (Å²) in [6, 6.07) is 3.20. The molecular weight excluding hydrogens is 315 g/mol. The largest absolute Gasteiger partial charge is 0.454 e. The number of hydrogen-bond acceptors (Lipinski definition) is 4. The predicted molar refractivity (Wildman–Crippen MR) is 84.6 cm³/mol. The van der Waals surface area contributed by atoms with Gasteiger partial charge in [-0.25, -0.2) is 0 Å². The number of ether oxygens (including phenoxy) is 2. The van der Waals surface area contributed by atoms with Crippen molar-refractivity contribution >= 4 is 29.9 Å². The summed E-state index contributed by atoms with van der Waals surface area (Å²) >= 11 is 6.08. The molecule has 0 radical (unpaired) electrons. The number of nitrogens with one attached hydrogen (secondary N) is 1. The molecule has 7 heteroatoms. The molecule has 5 nitrogen and oxygen atoms in total. The molecule has 1 heterocycles. The van der Waals surface area contributed by atoms with Gasteiger partial charge in [0.25, 0.3) is 5.91 Å². The number of halogens is 2. The maximum atomic E-state index is 12.4. The molecule has 1 aromatic carbocycles. The average Bonchev–Trinajstić information content (AvgIpc) is 2.87. The summed E-state index contributed by atoms with van der Waals surface area (Å²) in [5.41, 5.74) is 5.73. The molecule has 1 unspecified atom stereocenters. The van der Waals surface area contributed by atoms with E-state index in [4.69, 9.17) is 26.8 Å². The highest BCUT2D eigenvalue weighted by Crippen LogP contribution is 2.39. The molecule has 3 N–H and O–H groups in total. The first-order valence-electron chi connectivity index (χ1n) is 6.49. The molecule has 0 aliphatic carbocycles. The van der Waals surface area contributed by atoms with E-state index in [0.717, 1.165) is 0 Å². The van der Waals surface area contributed by atoms with Crippen LogP contribution in [0.2, 0.25) is 5.02 Å². The fourth-order valence-electron chi connectivity index (χ4n) is 1.86. The van der Waals surface area contributed by atoms with Gasteiger partial charge < -0.3 is 20.5 Å². The van der Waals surface area contributed by atoms with Crippen LogP contribution in [0.1, 0.15) is 31.1 Å². The van der Waals surface area contributed by atoms with E-state index in [1.165, 1.54) is 0 Å². The number of carbonyl (C=O) groups excluding carboxylic acids is 1. The monoisotopic (exact) mass is 334 g/mol. The Morgan fingerprint density at radius 3 is 2.71 bits per heavy atom. The zero-order valence-corrected chi connectivity index (χ0v) is 13.8. The molecule has 1 aliphatic rings. The van der Waals surface area contributed by atoms with Crippen LogP contribution < -0.4 is 20.5 Å². The van der Waals surface area contributed by atoms with Crippen LogP contribution in [-0.4, -0.2) is 24.8 Å². The molecule has 2 rings (SSSR count). The highest BCUT2D eigenvalue weighted by Gasteiger charge is 2.30. The van der Waals surface area contributed by atoms with E-state index in [1.807, 2.05) is 20.8 Å². The van der Waals surface area contributed by atoms with Crippen LogP contribution in [0, 0.1) is 5.92 Å². The van der Waals surface area contributed by atoms with Gasteiger partial charge >= 0.3 is 0 Å². The molecule has 1 amide bonds. The van der Waals surface area contributed by atoms with Crippen LogP contribution in [0.15, 0.2) is 12.1 Å². The molecule has 0 spiro atoms. The molecule has 1 aromatic rings. The summed E-state index contributed by atoms with van der Waals surface area (Å²) in [7, 11) is 0. The fourth-order valence-corrected chi connectivity index (χ4v) is 2.13. The second-order valence-corrected chi connectivity index (χ2v) is 5.83. The van der Waals surface area contributed by atoms with Crippen LogP contribution in [0.3, 0.4) is 0 Å². The Morgan fingerprint density at radius 1 is 1.48 bits per heavy atom. The van der Waals surface area contributed by atoms with E-state index in [1.54, 1.807) is 12.1 Å². The van der Waals surface area contributed by atoms with Gasteiger partial charge in [0.05, 0.1) is 10.6 Å². The van der Waals surface area contributed by atoms with Crippen LogP contribution in [0.4, 0.5) is 0 Å². The molecule has 0 aromatic heterocycles. The van der Waals surface area contributed by atoms with Gasteiger partial charge in [-0.1, -0.05) is 25.4 Å². The van der Waals surface area contributed by atoms with E-state index in [2.05, 4.69) is 5.32 Å². The highest BCUT2D eigenvalue weighted by molar-refractivity contribution is 6.32. The minimum Gasteiger partial charge on any atom is -0.454 e. The minimum absolute atomic E-state index is 0. The molecule has 1 aliphatic heterocycles. The topological polar surface area (TPSA) is 73.6 Å². The average molecular weight is 335 g/mol. The number of amides is 1. The van der Waals surface area contributed by atoms with Crippen molar-refractivity contribution in [3.8, 4) is 11.5 Å². The normalized spacial score (nSPS) is 15.3. The van der Waals surface area contributed by atoms with Crippen molar-refractivity contribution in [2.75, 3.05) is 13.3 Å². The molecule has 118 valence electrons. The Labute approximate surface area is 135 Å². The van der Waals surface area contributed by atoms with Gasteiger partial charge in [-0.3, -0.25) is 4.79 Å². The van der Waals surface area contributed by atoms with Gasteiger partial charge in [-0.15, -0.1) is 12.4 Å². The number of rotatable bonds is 4. The van der Waals surface area contributed by atoms with Crippen LogP contribution in [-0.2, 0) is 0 Å². The van der Waals surface area contributed by atoms with E-state index < -0.39 is 5.54 Å². The summed E-state index contributed by atoms with van der Waals surface area (Å²) in [5, 5.41) is 3.32. The molecule has 0 bridgehead atoms. The van der Waals surface area contributed by atoms with Gasteiger partial charge in [-0.05, 0) is 25.0 Å². The van der Waals surface area contributed by atoms with Gasteiger partial charge in [-0.2, -0.15) is 0 Å². The van der Waals surface area contributed by atoms with Gasteiger partial charge in [0.2, 0.25) is 6.79 Å². The smallest absolute Gasteiger partial charge is 0.251 e. The first-order valence-corrected chi connectivity index (χ1v) is 6.87. The zero-order valence-electron chi connectivity index (χ0n) is 12.2. The van der Waals surface area contributed by atoms with E-state index in [0.29, 0.717) is 28.6 Å². The summed E-state index contributed by atoms with van der Waals surface area (Å²) in [6.45, 7) is 6.42.